The van der Waals surface area contributed by atoms with Gasteiger partial charge >= 0.3 is 0 Å². The molecule has 138 valence electrons. The average molecular weight is 354 g/mol. The molecule has 1 aliphatic rings. The number of Topliss-reactive ketones (excluding diaryl/α,β-unsaturated/α-hetero) is 1. The van der Waals surface area contributed by atoms with Crippen molar-refractivity contribution in [3.05, 3.63) is 46.4 Å². The first-order valence-corrected chi connectivity index (χ1v) is 9.16. The number of aromatic amines is 1. The molecule has 3 heterocycles. The zero-order chi connectivity index (χ0) is 18.7. The molecular formula is C20H26N4O2. The topological polar surface area (TPSA) is 78.1 Å². The number of aromatic nitrogens is 2. The molecule has 0 spiro atoms. The third-order valence-electron chi connectivity index (χ3n) is 4.98. The van der Waals surface area contributed by atoms with Crippen LogP contribution in [0.1, 0.15) is 63.9 Å². The Kier molecular flexibility index (Phi) is 5.40. The number of H-pyrrole nitrogens is 1. The summed E-state index contributed by atoms with van der Waals surface area (Å²) in [5.74, 6) is 0.720. The number of nitrogens with one attached hydrogen (secondary N) is 2. The second kappa shape index (κ2) is 7.72. The van der Waals surface area contributed by atoms with E-state index >= 15 is 0 Å². The lowest BCUT2D eigenvalue weighted by Crippen LogP contribution is -2.32. The predicted molar refractivity (Wildman–Crippen MR) is 102 cm³/mol. The van der Waals surface area contributed by atoms with Crippen LogP contribution in [0.15, 0.2) is 18.3 Å². The Morgan fingerprint density at radius 2 is 1.96 bits per heavy atom. The van der Waals surface area contributed by atoms with E-state index in [0.29, 0.717) is 23.4 Å². The summed E-state index contributed by atoms with van der Waals surface area (Å²) in [5.41, 5.74) is 3.50. The van der Waals surface area contributed by atoms with Gasteiger partial charge in [0.05, 0.1) is 0 Å². The Balaban J connectivity index is 1.75. The summed E-state index contributed by atoms with van der Waals surface area (Å²) >= 11 is 0. The number of anilines is 1. The minimum absolute atomic E-state index is 0.0325. The molecule has 1 fully saturated rings. The van der Waals surface area contributed by atoms with E-state index in [0.717, 1.165) is 30.2 Å². The Morgan fingerprint density at radius 1 is 1.23 bits per heavy atom. The summed E-state index contributed by atoms with van der Waals surface area (Å²) in [6, 6.07) is 3.90. The molecule has 6 nitrogen and oxygen atoms in total. The fourth-order valence-electron chi connectivity index (χ4n) is 3.73. The second-order valence-corrected chi connectivity index (χ2v) is 6.90. The highest BCUT2D eigenvalue weighted by Crippen LogP contribution is 2.22. The van der Waals surface area contributed by atoms with Crippen molar-refractivity contribution in [1.82, 2.24) is 15.3 Å². The van der Waals surface area contributed by atoms with Gasteiger partial charge in [-0.2, -0.15) is 0 Å². The molecule has 2 N–H and O–H groups in total. The van der Waals surface area contributed by atoms with Crippen LogP contribution in [0.3, 0.4) is 0 Å². The van der Waals surface area contributed by atoms with Crippen molar-refractivity contribution in [3.8, 4) is 0 Å². The number of rotatable bonds is 5. The maximum absolute atomic E-state index is 12.6. The summed E-state index contributed by atoms with van der Waals surface area (Å²) in [7, 11) is 0. The van der Waals surface area contributed by atoms with Crippen LogP contribution >= 0.6 is 0 Å². The Labute approximate surface area is 154 Å². The number of carbonyl (C=O) groups excluding carboxylic acids is 2. The van der Waals surface area contributed by atoms with Crippen LogP contribution in [0.25, 0.3) is 0 Å². The van der Waals surface area contributed by atoms with Crippen molar-refractivity contribution in [2.45, 2.75) is 46.6 Å². The van der Waals surface area contributed by atoms with E-state index in [1.165, 1.54) is 26.2 Å². The van der Waals surface area contributed by atoms with E-state index < -0.39 is 0 Å². The molecule has 3 rings (SSSR count). The summed E-state index contributed by atoms with van der Waals surface area (Å²) in [4.78, 5) is 34.3. The van der Waals surface area contributed by atoms with Gasteiger partial charge in [-0.05, 0) is 51.7 Å². The average Bonchev–Trinajstić information content (AvgIpc) is 2.95. The molecule has 0 unspecified atom stereocenters. The van der Waals surface area contributed by atoms with Gasteiger partial charge < -0.3 is 15.2 Å². The molecule has 0 aliphatic carbocycles. The van der Waals surface area contributed by atoms with Gasteiger partial charge in [-0.15, -0.1) is 0 Å². The zero-order valence-corrected chi connectivity index (χ0v) is 15.7. The quantitative estimate of drug-likeness (QED) is 0.809. The minimum Gasteiger partial charge on any atom is -0.356 e. The van der Waals surface area contributed by atoms with Crippen LogP contribution in [-0.2, 0) is 6.54 Å². The van der Waals surface area contributed by atoms with Gasteiger partial charge in [-0.25, -0.2) is 4.98 Å². The number of nitrogens with zero attached hydrogens (tertiary/aromatic N) is 2. The Bertz CT molecular complexity index is 819. The third-order valence-corrected chi connectivity index (χ3v) is 4.98. The molecule has 1 saturated heterocycles. The second-order valence-electron chi connectivity index (χ2n) is 6.90. The van der Waals surface area contributed by atoms with E-state index in [1.54, 1.807) is 13.1 Å². The predicted octanol–water partition coefficient (Wildman–Crippen LogP) is 3.15. The van der Waals surface area contributed by atoms with E-state index in [9.17, 15) is 9.59 Å². The van der Waals surface area contributed by atoms with Gasteiger partial charge in [-0.3, -0.25) is 9.59 Å². The maximum atomic E-state index is 12.6. The molecule has 2 aromatic heterocycles. The summed E-state index contributed by atoms with van der Waals surface area (Å²) < 4.78 is 0. The fraction of sp³-hybridized carbons (Fsp3) is 0.450. The van der Waals surface area contributed by atoms with Gasteiger partial charge in [-0.1, -0.05) is 6.07 Å². The van der Waals surface area contributed by atoms with E-state index in [4.69, 9.17) is 0 Å². The molecule has 2 aromatic rings. The number of piperidine rings is 1. The number of aryl methyl sites for hydroxylation is 1. The number of pyridine rings is 1. The smallest absolute Gasteiger partial charge is 0.268 e. The number of amides is 1. The first-order chi connectivity index (χ1) is 12.5. The lowest BCUT2D eigenvalue weighted by Gasteiger charge is -2.29. The number of hydrogen-bond donors (Lipinski definition) is 2. The van der Waals surface area contributed by atoms with Crippen LogP contribution in [-0.4, -0.2) is 34.7 Å². The highest BCUT2D eigenvalue weighted by Gasteiger charge is 2.20. The van der Waals surface area contributed by atoms with E-state index in [-0.39, 0.29) is 11.7 Å². The largest absolute Gasteiger partial charge is 0.356 e. The van der Waals surface area contributed by atoms with Crippen LogP contribution in [0.4, 0.5) is 5.82 Å². The minimum atomic E-state index is -0.202. The third kappa shape index (κ3) is 3.64. The van der Waals surface area contributed by atoms with Gasteiger partial charge in [0.25, 0.3) is 5.91 Å². The summed E-state index contributed by atoms with van der Waals surface area (Å²) in [5, 5.41) is 2.97. The normalized spacial score (nSPS) is 14.3. The molecule has 1 amide bonds. The van der Waals surface area contributed by atoms with Crippen LogP contribution < -0.4 is 10.2 Å². The molecule has 6 heteroatoms. The van der Waals surface area contributed by atoms with Gasteiger partial charge in [0.1, 0.15) is 11.5 Å². The molecule has 0 bridgehead atoms. The standard InChI is InChI=1S/C20H26N4O2/c1-13-17(15(3)25)14(2)23-18(13)20(26)22-12-16-8-7-9-21-19(16)24-10-5-4-6-11-24/h7-9,23H,4-6,10-12H2,1-3H3,(H,22,26). The molecule has 26 heavy (non-hydrogen) atoms. The van der Waals surface area contributed by atoms with E-state index in [1.807, 2.05) is 19.1 Å². The van der Waals surface area contributed by atoms with Crippen molar-refractivity contribution in [2.24, 2.45) is 0 Å². The molecular weight excluding hydrogens is 328 g/mol. The highest BCUT2D eigenvalue weighted by molar-refractivity contribution is 6.02. The van der Waals surface area contributed by atoms with Crippen LogP contribution in [0.5, 0.6) is 0 Å². The fourth-order valence-corrected chi connectivity index (χ4v) is 3.73. The van der Waals surface area contributed by atoms with E-state index in [2.05, 4.69) is 20.2 Å². The van der Waals surface area contributed by atoms with Crippen molar-refractivity contribution in [2.75, 3.05) is 18.0 Å². The molecule has 0 radical (unpaired) electrons. The lowest BCUT2D eigenvalue weighted by atomic mass is 10.1. The van der Waals surface area contributed by atoms with Crippen LogP contribution in [0, 0.1) is 13.8 Å². The summed E-state index contributed by atoms with van der Waals surface area (Å²) in [6.07, 6.45) is 5.42. The zero-order valence-electron chi connectivity index (χ0n) is 15.7. The molecule has 1 aliphatic heterocycles. The monoisotopic (exact) mass is 354 g/mol. The van der Waals surface area contributed by atoms with Crippen molar-refractivity contribution in [3.63, 3.8) is 0 Å². The van der Waals surface area contributed by atoms with Gasteiger partial charge in [0.15, 0.2) is 5.78 Å². The van der Waals surface area contributed by atoms with Gasteiger partial charge in [0, 0.05) is 42.7 Å². The first-order valence-electron chi connectivity index (χ1n) is 9.16. The highest BCUT2D eigenvalue weighted by atomic mass is 16.2. The number of hydrogen-bond acceptors (Lipinski definition) is 4. The summed E-state index contributed by atoms with van der Waals surface area (Å²) in [6.45, 7) is 7.56. The van der Waals surface area contributed by atoms with Gasteiger partial charge in [0.2, 0.25) is 0 Å². The number of ketones is 1. The maximum Gasteiger partial charge on any atom is 0.268 e. The molecule has 0 atom stereocenters. The van der Waals surface area contributed by atoms with Crippen molar-refractivity contribution in [1.29, 1.82) is 0 Å². The Hall–Kier alpha value is -2.63. The Morgan fingerprint density at radius 3 is 2.62 bits per heavy atom. The lowest BCUT2D eigenvalue weighted by molar-refractivity contribution is 0.0945. The molecule has 0 saturated carbocycles. The molecule has 0 aromatic carbocycles. The van der Waals surface area contributed by atoms with Crippen molar-refractivity contribution >= 4 is 17.5 Å². The first kappa shape index (κ1) is 18.2. The van der Waals surface area contributed by atoms with Crippen molar-refractivity contribution < 1.29 is 9.59 Å². The SMILES string of the molecule is CC(=O)c1c(C)[nH]c(C(=O)NCc2cccnc2N2CCCCC2)c1C. The van der Waals surface area contributed by atoms with Crippen LogP contribution in [0.2, 0.25) is 0 Å². The number of carbonyl (C=O) groups is 2.